The first-order valence-corrected chi connectivity index (χ1v) is 10.3. The van der Waals surface area contributed by atoms with Gasteiger partial charge in [-0.2, -0.15) is 0 Å². The van der Waals surface area contributed by atoms with Gasteiger partial charge in [-0.05, 0) is 37.0 Å². The SMILES string of the molecule is COC(=O)C1=CCCCC1S(=O)(=O)Nc1ccc(COC(=O)C(C)C)cc1. The zero-order valence-corrected chi connectivity index (χ0v) is 16.5. The number of benzene rings is 1. The average molecular weight is 395 g/mol. The van der Waals surface area contributed by atoms with Crippen molar-refractivity contribution < 1.29 is 27.5 Å². The van der Waals surface area contributed by atoms with Crippen LogP contribution in [0, 0.1) is 5.92 Å². The Bertz CT molecular complexity index is 811. The molecule has 148 valence electrons. The van der Waals surface area contributed by atoms with E-state index in [-0.39, 0.29) is 24.1 Å². The lowest BCUT2D eigenvalue weighted by Gasteiger charge is -2.23. The van der Waals surface area contributed by atoms with Gasteiger partial charge in [0, 0.05) is 5.69 Å². The summed E-state index contributed by atoms with van der Waals surface area (Å²) in [6, 6.07) is 6.56. The molecule has 0 saturated heterocycles. The molecular formula is C19H25NO6S. The number of esters is 2. The maximum absolute atomic E-state index is 12.7. The van der Waals surface area contributed by atoms with Crippen molar-refractivity contribution >= 4 is 27.6 Å². The molecule has 0 heterocycles. The van der Waals surface area contributed by atoms with E-state index in [1.807, 2.05) is 0 Å². The summed E-state index contributed by atoms with van der Waals surface area (Å²) in [5.41, 5.74) is 1.30. The van der Waals surface area contributed by atoms with Crippen molar-refractivity contribution in [1.29, 1.82) is 0 Å². The Morgan fingerprint density at radius 1 is 1.22 bits per heavy atom. The van der Waals surface area contributed by atoms with Crippen molar-refractivity contribution in [1.82, 2.24) is 0 Å². The standard InChI is InChI=1S/C19H25NO6S/c1-13(2)18(21)26-12-14-8-10-15(11-9-14)20-27(23,24)17-7-5-4-6-16(17)19(22)25-3/h6,8-11,13,17,20H,4-5,7,12H2,1-3H3. The van der Waals surface area contributed by atoms with Gasteiger partial charge in [-0.1, -0.05) is 32.1 Å². The van der Waals surface area contributed by atoms with Gasteiger partial charge in [0.25, 0.3) is 0 Å². The van der Waals surface area contributed by atoms with Crippen LogP contribution in [0.25, 0.3) is 0 Å². The normalized spacial score (nSPS) is 17.2. The van der Waals surface area contributed by atoms with Crippen molar-refractivity contribution in [2.75, 3.05) is 11.8 Å². The highest BCUT2D eigenvalue weighted by Gasteiger charge is 2.34. The molecule has 1 aliphatic rings. The zero-order chi connectivity index (χ0) is 20.0. The maximum atomic E-state index is 12.7. The Kier molecular flexibility index (Phi) is 7.01. The average Bonchev–Trinajstić information content (AvgIpc) is 2.66. The minimum atomic E-state index is -3.79. The third kappa shape index (κ3) is 5.56. The number of allylic oxidation sites excluding steroid dienone is 1. The van der Waals surface area contributed by atoms with E-state index in [1.54, 1.807) is 44.2 Å². The Balaban J connectivity index is 2.07. The van der Waals surface area contributed by atoms with E-state index in [0.29, 0.717) is 24.9 Å². The summed E-state index contributed by atoms with van der Waals surface area (Å²) in [6.45, 7) is 3.63. The number of anilines is 1. The van der Waals surface area contributed by atoms with Crippen LogP contribution in [-0.2, 0) is 35.7 Å². The maximum Gasteiger partial charge on any atom is 0.334 e. The largest absolute Gasteiger partial charge is 0.466 e. The second-order valence-corrected chi connectivity index (χ2v) is 8.54. The molecule has 0 saturated carbocycles. The number of ether oxygens (including phenoxy) is 2. The van der Waals surface area contributed by atoms with Crippen LogP contribution in [-0.4, -0.2) is 32.7 Å². The molecule has 0 aromatic heterocycles. The van der Waals surface area contributed by atoms with E-state index in [9.17, 15) is 18.0 Å². The van der Waals surface area contributed by atoms with Gasteiger partial charge in [0.2, 0.25) is 10.0 Å². The van der Waals surface area contributed by atoms with Crippen LogP contribution >= 0.6 is 0 Å². The first kappa shape index (κ1) is 21.0. The van der Waals surface area contributed by atoms with E-state index in [2.05, 4.69) is 4.72 Å². The molecule has 0 radical (unpaired) electrons. The quantitative estimate of drug-likeness (QED) is 0.713. The fourth-order valence-electron chi connectivity index (χ4n) is 2.73. The van der Waals surface area contributed by atoms with E-state index >= 15 is 0 Å². The number of carbonyl (C=O) groups is 2. The van der Waals surface area contributed by atoms with E-state index in [4.69, 9.17) is 9.47 Å². The van der Waals surface area contributed by atoms with Gasteiger partial charge in [0.1, 0.15) is 11.9 Å². The van der Waals surface area contributed by atoms with Crippen LogP contribution in [0.4, 0.5) is 5.69 Å². The van der Waals surface area contributed by atoms with E-state index in [0.717, 1.165) is 5.56 Å². The van der Waals surface area contributed by atoms with Gasteiger partial charge in [-0.15, -0.1) is 0 Å². The molecule has 7 nitrogen and oxygen atoms in total. The molecule has 1 atom stereocenters. The van der Waals surface area contributed by atoms with E-state index < -0.39 is 21.2 Å². The van der Waals surface area contributed by atoms with Gasteiger partial charge in [-0.25, -0.2) is 13.2 Å². The predicted octanol–water partition coefficient (Wildman–Crippen LogP) is 2.78. The topological polar surface area (TPSA) is 98.8 Å². The molecule has 1 N–H and O–H groups in total. The molecule has 0 spiro atoms. The summed E-state index contributed by atoms with van der Waals surface area (Å²) < 4.78 is 37.8. The summed E-state index contributed by atoms with van der Waals surface area (Å²) in [6.07, 6.45) is 3.33. The van der Waals surface area contributed by atoms with Gasteiger partial charge < -0.3 is 9.47 Å². The molecule has 1 aliphatic carbocycles. The third-order valence-electron chi connectivity index (χ3n) is 4.24. The van der Waals surface area contributed by atoms with Crippen LogP contribution in [0.15, 0.2) is 35.9 Å². The lowest BCUT2D eigenvalue weighted by molar-refractivity contribution is -0.148. The van der Waals surface area contributed by atoms with Crippen LogP contribution in [0.1, 0.15) is 38.7 Å². The Hall–Kier alpha value is -2.35. The number of rotatable bonds is 7. The van der Waals surface area contributed by atoms with Crippen LogP contribution < -0.4 is 4.72 Å². The van der Waals surface area contributed by atoms with Crippen LogP contribution in [0.5, 0.6) is 0 Å². The fourth-order valence-corrected chi connectivity index (χ4v) is 4.34. The highest BCUT2D eigenvalue weighted by molar-refractivity contribution is 7.93. The monoisotopic (exact) mass is 395 g/mol. The predicted molar refractivity (Wildman–Crippen MR) is 101 cm³/mol. The zero-order valence-electron chi connectivity index (χ0n) is 15.7. The summed E-state index contributed by atoms with van der Waals surface area (Å²) in [4.78, 5) is 23.4. The van der Waals surface area contributed by atoms with E-state index in [1.165, 1.54) is 7.11 Å². The van der Waals surface area contributed by atoms with Crippen LogP contribution in [0.3, 0.4) is 0 Å². The summed E-state index contributed by atoms with van der Waals surface area (Å²) in [7, 11) is -2.56. The van der Waals surface area contributed by atoms with Gasteiger partial charge in [-0.3, -0.25) is 9.52 Å². The number of carbonyl (C=O) groups excluding carboxylic acids is 2. The lowest BCUT2D eigenvalue weighted by Crippen LogP contribution is -2.34. The second-order valence-electron chi connectivity index (χ2n) is 6.68. The van der Waals surface area contributed by atoms with Crippen molar-refractivity contribution in [3.63, 3.8) is 0 Å². The number of hydrogen-bond donors (Lipinski definition) is 1. The molecule has 1 aromatic rings. The van der Waals surface area contributed by atoms with Gasteiger partial charge >= 0.3 is 11.9 Å². The first-order chi connectivity index (χ1) is 12.7. The Labute approximate surface area is 159 Å². The molecule has 1 aromatic carbocycles. The number of sulfonamides is 1. The number of nitrogens with one attached hydrogen (secondary N) is 1. The van der Waals surface area contributed by atoms with Crippen LogP contribution in [0.2, 0.25) is 0 Å². The van der Waals surface area contributed by atoms with Crippen molar-refractivity contribution in [2.24, 2.45) is 5.92 Å². The molecule has 0 aliphatic heterocycles. The van der Waals surface area contributed by atoms with Gasteiger partial charge in [0.15, 0.2) is 0 Å². The lowest BCUT2D eigenvalue weighted by atomic mass is 9.99. The smallest absolute Gasteiger partial charge is 0.334 e. The first-order valence-electron chi connectivity index (χ1n) is 8.80. The van der Waals surface area contributed by atoms with Crippen molar-refractivity contribution in [3.05, 3.63) is 41.5 Å². The Morgan fingerprint density at radius 2 is 1.89 bits per heavy atom. The summed E-state index contributed by atoms with van der Waals surface area (Å²) >= 11 is 0. The number of hydrogen-bond acceptors (Lipinski definition) is 6. The molecular weight excluding hydrogens is 370 g/mol. The molecule has 2 rings (SSSR count). The second kappa shape index (κ2) is 9.03. The molecule has 0 bridgehead atoms. The number of methoxy groups -OCH3 is 1. The summed E-state index contributed by atoms with van der Waals surface area (Å²) in [5.74, 6) is -1.12. The highest BCUT2D eigenvalue weighted by Crippen LogP contribution is 2.27. The minimum Gasteiger partial charge on any atom is -0.466 e. The molecule has 1 unspecified atom stereocenters. The summed E-state index contributed by atoms with van der Waals surface area (Å²) in [5, 5.41) is -0.939. The van der Waals surface area contributed by atoms with Crippen molar-refractivity contribution in [2.45, 2.75) is 45.0 Å². The third-order valence-corrected chi connectivity index (χ3v) is 6.00. The molecule has 0 amide bonds. The Morgan fingerprint density at radius 3 is 2.48 bits per heavy atom. The minimum absolute atomic E-state index is 0.127. The van der Waals surface area contributed by atoms with Gasteiger partial charge in [0.05, 0.1) is 18.6 Å². The molecule has 27 heavy (non-hydrogen) atoms. The van der Waals surface area contributed by atoms with Crippen molar-refractivity contribution in [3.8, 4) is 0 Å². The highest BCUT2D eigenvalue weighted by atomic mass is 32.2. The molecule has 0 fully saturated rings. The fraction of sp³-hybridized carbons (Fsp3) is 0.474. The molecule has 8 heteroatoms.